The molecule has 0 aliphatic carbocycles. The van der Waals surface area contributed by atoms with E-state index in [2.05, 4.69) is 10.3 Å². The number of carbonyl (C=O) groups excluding carboxylic acids is 2. The standard InChI is InChI=1S/C24H19F2N3O2/c1-14-6-8-18(15(2)11-14)21-22(28-16-7-9-19(25)20(26)12-16)24(31)29(23(21)30)13-17-5-3-4-10-27-17/h3-12,28H,13H2,1-2H3. The van der Waals surface area contributed by atoms with E-state index in [-0.39, 0.29) is 23.5 Å². The number of benzene rings is 2. The molecule has 1 aliphatic heterocycles. The van der Waals surface area contributed by atoms with Crippen molar-refractivity contribution in [1.29, 1.82) is 0 Å². The number of carbonyl (C=O) groups is 2. The average Bonchev–Trinajstić information content (AvgIpc) is 2.96. The second-order valence-corrected chi connectivity index (χ2v) is 7.34. The van der Waals surface area contributed by atoms with E-state index in [0.29, 0.717) is 11.3 Å². The van der Waals surface area contributed by atoms with Gasteiger partial charge < -0.3 is 5.32 Å². The van der Waals surface area contributed by atoms with Gasteiger partial charge in [-0.2, -0.15) is 0 Å². The topological polar surface area (TPSA) is 62.3 Å². The van der Waals surface area contributed by atoms with E-state index in [1.165, 1.54) is 6.07 Å². The lowest BCUT2D eigenvalue weighted by atomic mass is 9.97. The smallest absolute Gasteiger partial charge is 0.278 e. The number of nitrogens with one attached hydrogen (secondary N) is 1. The van der Waals surface area contributed by atoms with Crippen molar-refractivity contribution in [2.45, 2.75) is 20.4 Å². The van der Waals surface area contributed by atoms with E-state index in [1.54, 1.807) is 30.5 Å². The van der Waals surface area contributed by atoms with Crippen molar-refractivity contribution in [1.82, 2.24) is 9.88 Å². The third kappa shape index (κ3) is 3.94. The highest BCUT2D eigenvalue weighted by Gasteiger charge is 2.40. The van der Waals surface area contributed by atoms with Crippen LogP contribution in [0.3, 0.4) is 0 Å². The first-order valence-electron chi connectivity index (χ1n) is 9.65. The molecule has 4 rings (SSSR count). The number of amides is 2. The summed E-state index contributed by atoms with van der Waals surface area (Å²) in [6.07, 6.45) is 1.58. The van der Waals surface area contributed by atoms with Crippen molar-refractivity contribution in [3.63, 3.8) is 0 Å². The van der Waals surface area contributed by atoms with Gasteiger partial charge in [-0.05, 0) is 49.2 Å². The molecule has 0 saturated carbocycles. The van der Waals surface area contributed by atoms with Gasteiger partial charge in [0.05, 0.1) is 17.8 Å². The number of nitrogens with zero attached hydrogens (tertiary/aromatic N) is 2. The summed E-state index contributed by atoms with van der Waals surface area (Å²) in [4.78, 5) is 31.8. The van der Waals surface area contributed by atoms with Crippen molar-refractivity contribution < 1.29 is 18.4 Å². The van der Waals surface area contributed by atoms with Gasteiger partial charge in [-0.15, -0.1) is 0 Å². The first-order valence-corrected chi connectivity index (χ1v) is 9.65. The van der Waals surface area contributed by atoms with Crippen LogP contribution in [0.25, 0.3) is 5.57 Å². The number of rotatable bonds is 5. The van der Waals surface area contributed by atoms with E-state index >= 15 is 0 Å². The zero-order valence-electron chi connectivity index (χ0n) is 16.9. The summed E-state index contributed by atoms with van der Waals surface area (Å²) in [5.41, 5.74) is 3.34. The summed E-state index contributed by atoms with van der Waals surface area (Å²) in [6, 6.07) is 14.0. The van der Waals surface area contributed by atoms with Crippen molar-refractivity contribution in [2.24, 2.45) is 0 Å². The monoisotopic (exact) mass is 419 g/mol. The number of imide groups is 1. The summed E-state index contributed by atoms with van der Waals surface area (Å²) >= 11 is 0. The van der Waals surface area contributed by atoms with Gasteiger partial charge in [-0.3, -0.25) is 19.5 Å². The summed E-state index contributed by atoms with van der Waals surface area (Å²) in [6.45, 7) is 3.78. The molecule has 156 valence electrons. The Balaban J connectivity index is 1.79. The lowest BCUT2D eigenvalue weighted by Gasteiger charge is -2.15. The molecule has 3 aromatic rings. The van der Waals surface area contributed by atoms with Crippen LogP contribution in [0.1, 0.15) is 22.4 Å². The van der Waals surface area contributed by atoms with Gasteiger partial charge in [0.15, 0.2) is 11.6 Å². The zero-order chi connectivity index (χ0) is 22.1. The number of hydrogen-bond donors (Lipinski definition) is 1. The van der Waals surface area contributed by atoms with E-state index in [0.717, 1.165) is 28.2 Å². The van der Waals surface area contributed by atoms with Crippen LogP contribution in [0, 0.1) is 25.5 Å². The molecule has 0 fully saturated rings. The van der Waals surface area contributed by atoms with Crippen LogP contribution >= 0.6 is 0 Å². The first-order chi connectivity index (χ1) is 14.8. The highest BCUT2D eigenvalue weighted by atomic mass is 19.2. The second-order valence-electron chi connectivity index (χ2n) is 7.34. The average molecular weight is 419 g/mol. The molecule has 0 radical (unpaired) electrons. The number of hydrogen-bond acceptors (Lipinski definition) is 4. The lowest BCUT2D eigenvalue weighted by molar-refractivity contribution is -0.137. The Morgan fingerprint density at radius 3 is 2.42 bits per heavy atom. The molecule has 0 spiro atoms. The minimum Gasteiger partial charge on any atom is -0.350 e. The van der Waals surface area contributed by atoms with Crippen LogP contribution in [0.15, 0.2) is 66.5 Å². The van der Waals surface area contributed by atoms with E-state index < -0.39 is 23.4 Å². The van der Waals surface area contributed by atoms with Gasteiger partial charge >= 0.3 is 0 Å². The molecule has 31 heavy (non-hydrogen) atoms. The Hall–Kier alpha value is -3.87. The number of anilines is 1. The molecule has 0 saturated heterocycles. The highest BCUT2D eigenvalue weighted by molar-refractivity contribution is 6.36. The molecule has 1 aliphatic rings. The Bertz CT molecular complexity index is 1220. The van der Waals surface area contributed by atoms with E-state index in [4.69, 9.17) is 0 Å². The van der Waals surface area contributed by atoms with E-state index in [1.807, 2.05) is 26.0 Å². The van der Waals surface area contributed by atoms with Gasteiger partial charge in [0.1, 0.15) is 5.70 Å². The number of halogens is 2. The maximum atomic E-state index is 13.7. The predicted molar refractivity (Wildman–Crippen MR) is 113 cm³/mol. The molecule has 7 heteroatoms. The molecule has 2 amide bonds. The van der Waals surface area contributed by atoms with Crippen LogP contribution in [0.2, 0.25) is 0 Å². The Morgan fingerprint density at radius 1 is 0.935 bits per heavy atom. The third-order valence-corrected chi connectivity index (χ3v) is 5.05. The molecule has 0 bridgehead atoms. The SMILES string of the molecule is Cc1ccc(C2=C(Nc3ccc(F)c(F)c3)C(=O)N(Cc3ccccn3)C2=O)c(C)c1. The molecule has 2 aromatic carbocycles. The molecule has 5 nitrogen and oxygen atoms in total. The summed E-state index contributed by atoms with van der Waals surface area (Å²) in [5, 5.41) is 2.84. The molecule has 1 aromatic heterocycles. The lowest BCUT2D eigenvalue weighted by Crippen LogP contribution is -2.32. The quantitative estimate of drug-likeness (QED) is 0.624. The molecule has 0 atom stereocenters. The van der Waals surface area contributed by atoms with Crippen molar-refractivity contribution in [3.05, 3.63) is 101 Å². The fourth-order valence-electron chi connectivity index (χ4n) is 3.55. The zero-order valence-corrected chi connectivity index (χ0v) is 16.9. The number of aryl methyl sites for hydroxylation is 2. The molecule has 2 heterocycles. The highest BCUT2D eigenvalue weighted by Crippen LogP contribution is 2.33. The fourth-order valence-corrected chi connectivity index (χ4v) is 3.55. The van der Waals surface area contributed by atoms with Crippen LogP contribution in [0.4, 0.5) is 14.5 Å². The first kappa shape index (κ1) is 20.4. The number of aromatic nitrogens is 1. The molecule has 1 N–H and O–H groups in total. The third-order valence-electron chi connectivity index (χ3n) is 5.05. The Kier molecular flexibility index (Phi) is 5.33. The van der Waals surface area contributed by atoms with Gasteiger partial charge in [0, 0.05) is 18.0 Å². The predicted octanol–water partition coefficient (Wildman–Crippen LogP) is 4.37. The Labute approximate surface area is 178 Å². The summed E-state index contributed by atoms with van der Waals surface area (Å²) < 4.78 is 27.1. The van der Waals surface area contributed by atoms with Crippen LogP contribution in [-0.2, 0) is 16.1 Å². The Morgan fingerprint density at radius 2 is 1.74 bits per heavy atom. The normalized spacial score (nSPS) is 13.9. The minimum atomic E-state index is -1.05. The van der Waals surface area contributed by atoms with Crippen LogP contribution in [0.5, 0.6) is 0 Å². The van der Waals surface area contributed by atoms with Gasteiger partial charge in [-0.25, -0.2) is 8.78 Å². The molecule has 0 unspecified atom stereocenters. The van der Waals surface area contributed by atoms with Crippen molar-refractivity contribution >= 4 is 23.1 Å². The van der Waals surface area contributed by atoms with Gasteiger partial charge in [0.25, 0.3) is 11.8 Å². The van der Waals surface area contributed by atoms with Gasteiger partial charge in [-0.1, -0.05) is 29.8 Å². The fraction of sp³-hybridized carbons (Fsp3) is 0.125. The summed E-state index contributed by atoms with van der Waals surface area (Å²) in [5.74, 6) is -3.09. The largest absolute Gasteiger partial charge is 0.350 e. The minimum absolute atomic E-state index is 0.00409. The van der Waals surface area contributed by atoms with E-state index in [9.17, 15) is 18.4 Å². The molecular weight excluding hydrogens is 400 g/mol. The van der Waals surface area contributed by atoms with Gasteiger partial charge in [0.2, 0.25) is 0 Å². The van der Waals surface area contributed by atoms with Crippen LogP contribution < -0.4 is 5.32 Å². The molecular formula is C24H19F2N3O2. The van der Waals surface area contributed by atoms with Crippen molar-refractivity contribution in [2.75, 3.05) is 5.32 Å². The maximum absolute atomic E-state index is 13.7. The van der Waals surface area contributed by atoms with Crippen molar-refractivity contribution in [3.8, 4) is 0 Å². The second kappa shape index (κ2) is 8.10. The maximum Gasteiger partial charge on any atom is 0.278 e. The summed E-state index contributed by atoms with van der Waals surface area (Å²) in [7, 11) is 0. The van der Waals surface area contributed by atoms with Crippen LogP contribution in [-0.4, -0.2) is 21.7 Å². The number of pyridine rings is 1.